The highest BCUT2D eigenvalue weighted by Crippen LogP contribution is 2.27. The summed E-state index contributed by atoms with van der Waals surface area (Å²) in [5.41, 5.74) is 7.73. The van der Waals surface area contributed by atoms with E-state index in [-0.39, 0.29) is 5.91 Å². The van der Waals surface area contributed by atoms with Crippen LogP contribution in [0, 0.1) is 0 Å². The van der Waals surface area contributed by atoms with Gasteiger partial charge in [0, 0.05) is 25.1 Å². The largest absolute Gasteiger partial charge is 0.393 e. The van der Waals surface area contributed by atoms with E-state index in [0.29, 0.717) is 17.8 Å². The Bertz CT molecular complexity index is 445. The number of thiocarbonyl (C=S) groups is 1. The van der Waals surface area contributed by atoms with Gasteiger partial charge in [-0.2, -0.15) is 0 Å². The molecule has 0 aliphatic carbocycles. The van der Waals surface area contributed by atoms with Crippen LogP contribution in [0.4, 0.5) is 5.69 Å². The van der Waals surface area contributed by atoms with Gasteiger partial charge in [0.1, 0.15) is 0 Å². The van der Waals surface area contributed by atoms with Crippen LogP contribution in [0.25, 0.3) is 0 Å². The minimum atomic E-state index is 0.116. The van der Waals surface area contributed by atoms with Crippen LogP contribution in [0.15, 0.2) is 24.3 Å². The van der Waals surface area contributed by atoms with Crippen LogP contribution in [0.5, 0.6) is 0 Å². The molecule has 1 amide bonds. The Balaban J connectivity index is 2.12. The van der Waals surface area contributed by atoms with Crippen molar-refractivity contribution in [2.75, 3.05) is 11.4 Å². The van der Waals surface area contributed by atoms with Gasteiger partial charge < -0.3 is 10.6 Å². The van der Waals surface area contributed by atoms with Crippen LogP contribution in [0.1, 0.15) is 24.8 Å². The number of nitrogens with two attached hydrogens (primary N) is 1. The highest BCUT2D eigenvalue weighted by atomic mass is 32.1. The average molecular weight is 248 g/mol. The third-order valence-corrected chi connectivity index (χ3v) is 3.20. The predicted octanol–water partition coefficient (Wildman–Crippen LogP) is 2.03. The maximum atomic E-state index is 12.1. The molecule has 4 heteroatoms. The number of amides is 1. The van der Waals surface area contributed by atoms with E-state index in [4.69, 9.17) is 18.0 Å². The Hall–Kier alpha value is -1.42. The molecule has 1 aliphatic rings. The van der Waals surface area contributed by atoms with E-state index in [1.54, 1.807) is 0 Å². The molecule has 3 nitrogen and oxygen atoms in total. The molecule has 0 saturated heterocycles. The van der Waals surface area contributed by atoms with Gasteiger partial charge in [-0.25, -0.2) is 0 Å². The van der Waals surface area contributed by atoms with Crippen LogP contribution < -0.4 is 10.6 Å². The molecule has 0 spiro atoms. The number of hydrogen-bond acceptors (Lipinski definition) is 2. The van der Waals surface area contributed by atoms with E-state index < -0.39 is 0 Å². The third kappa shape index (κ3) is 2.82. The SMILES string of the molecule is NC(=S)CCC(=O)N1CCCc2ccccc21. The number of benzene rings is 1. The van der Waals surface area contributed by atoms with Gasteiger partial charge in [-0.3, -0.25) is 4.79 Å². The molecule has 1 aliphatic heterocycles. The van der Waals surface area contributed by atoms with Gasteiger partial charge >= 0.3 is 0 Å². The van der Waals surface area contributed by atoms with Crippen molar-refractivity contribution in [2.24, 2.45) is 5.73 Å². The Kier molecular flexibility index (Phi) is 3.74. The minimum Gasteiger partial charge on any atom is -0.393 e. The first kappa shape index (κ1) is 12.0. The third-order valence-electron chi connectivity index (χ3n) is 3.00. The first-order valence-corrected chi connectivity index (χ1v) is 6.26. The number of nitrogens with zero attached hydrogens (tertiary/aromatic N) is 1. The van der Waals surface area contributed by atoms with Gasteiger partial charge in [-0.05, 0) is 24.5 Å². The van der Waals surface area contributed by atoms with E-state index in [2.05, 4.69) is 6.07 Å². The van der Waals surface area contributed by atoms with Gasteiger partial charge in [-0.1, -0.05) is 30.4 Å². The van der Waals surface area contributed by atoms with Crippen LogP contribution in [0.2, 0.25) is 0 Å². The standard InChI is InChI=1S/C13H16N2OS/c14-12(17)7-8-13(16)15-9-3-5-10-4-1-2-6-11(10)15/h1-2,4,6H,3,5,7-9H2,(H2,14,17). The van der Waals surface area contributed by atoms with Crippen molar-refractivity contribution in [2.45, 2.75) is 25.7 Å². The average Bonchev–Trinajstić information content (AvgIpc) is 2.35. The quantitative estimate of drug-likeness (QED) is 0.833. The lowest BCUT2D eigenvalue weighted by molar-refractivity contribution is -0.118. The van der Waals surface area contributed by atoms with Crippen molar-refractivity contribution in [3.05, 3.63) is 29.8 Å². The molecule has 17 heavy (non-hydrogen) atoms. The lowest BCUT2D eigenvalue weighted by Crippen LogP contribution is -2.35. The Labute approximate surface area is 107 Å². The Morgan fingerprint density at radius 2 is 2.12 bits per heavy atom. The zero-order valence-electron chi connectivity index (χ0n) is 9.69. The molecule has 1 heterocycles. The van der Waals surface area contributed by atoms with E-state index in [1.807, 2.05) is 23.1 Å². The Morgan fingerprint density at radius 3 is 2.88 bits per heavy atom. The molecule has 0 atom stereocenters. The van der Waals surface area contributed by atoms with Crippen molar-refractivity contribution in [3.63, 3.8) is 0 Å². The minimum absolute atomic E-state index is 0.116. The first-order valence-electron chi connectivity index (χ1n) is 5.85. The molecule has 2 N–H and O–H groups in total. The van der Waals surface area contributed by atoms with Crippen molar-refractivity contribution in [1.29, 1.82) is 0 Å². The second-order valence-corrected chi connectivity index (χ2v) is 4.77. The van der Waals surface area contributed by atoms with Crippen molar-refractivity contribution in [3.8, 4) is 0 Å². The maximum absolute atomic E-state index is 12.1. The fourth-order valence-electron chi connectivity index (χ4n) is 2.16. The molecule has 0 bridgehead atoms. The van der Waals surface area contributed by atoms with Gasteiger partial charge in [0.15, 0.2) is 0 Å². The van der Waals surface area contributed by atoms with Crippen molar-refractivity contribution in [1.82, 2.24) is 0 Å². The summed E-state index contributed by atoms with van der Waals surface area (Å²) in [7, 11) is 0. The molecule has 90 valence electrons. The normalized spacial score (nSPS) is 14.2. The maximum Gasteiger partial charge on any atom is 0.227 e. The second kappa shape index (κ2) is 5.27. The number of carbonyl (C=O) groups is 1. The topological polar surface area (TPSA) is 46.3 Å². The summed E-state index contributed by atoms with van der Waals surface area (Å²) in [5.74, 6) is 0.116. The lowest BCUT2D eigenvalue weighted by Gasteiger charge is -2.29. The summed E-state index contributed by atoms with van der Waals surface area (Å²) in [6.45, 7) is 0.799. The second-order valence-electron chi connectivity index (χ2n) is 4.24. The van der Waals surface area contributed by atoms with Crippen LogP contribution in [0.3, 0.4) is 0 Å². The predicted molar refractivity (Wildman–Crippen MR) is 73.1 cm³/mol. The smallest absolute Gasteiger partial charge is 0.227 e. The van der Waals surface area contributed by atoms with E-state index in [1.165, 1.54) is 5.56 Å². The van der Waals surface area contributed by atoms with E-state index >= 15 is 0 Å². The van der Waals surface area contributed by atoms with E-state index in [9.17, 15) is 4.79 Å². The summed E-state index contributed by atoms with van der Waals surface area (Å²) in [6.07, 6.45) is 2.97. The molecule has 0 radical (unpaired) electrons. The molecular formula is C13H16N2OS. The van der Waals surface area contributed by atoms with Gasteiger partial charge in [0.2, 0.25) is 5.91 Å². The van der Waals surface area contributed by atoms with Gasteiger partial charge in [0.25, 0.3) is 0 Å². The summed E-state index contributed by atoms with van der Waals surface area (Å²) in [4.78, 5) is 14.3. The summed E-state index contributed by atoms with van der Waals surface area (Å²) < 4.78 is 0. The highest BCUT2D eigenvalue weighted by Gasteiger charge is 2.21. The molecule has 1 aromatic rings. The lowest BCUT2D eigenvalue weighted by atomic mass is 10.0. The number of rotatable bonds is 3. The molecular weight excluding hydrogens is 232 g/mol. The molecule has 2 rings (SSSR count). The zero-order chi connectivity index (χ0) is 12.3. The van der Waals surface area contributed by atoms with Crippen molar-refractivity contribution >= 4 is 28.8 Å². The fourth-order valence-corrected chi connectivity index (χ4v) is 2.26. The van der Waals surface area contributed by atoms with Crippen LogP contribution in [-0.2, 0) is 11.2 Å². The number of aryl methyl sites for hydroxylation is 1. The van der Waals surface area contributed by atoms with Crippen molar-refractivity contribution < 1.29 is 4.79 Å². The molecule has 0 saturated carbocycles. The number of hydrogen-bond donors (Lipinski definition) is 1. The monoisotopic (exact) mass is 248 g/mol. The number of anilines is 1. The first-order chi connectivity index (χ1) is 8.18. The van der Waals surface area contributed by atoms with Gasteiger partial charge in [-0.15, -0.1) is 0 Å². The fraction of sp³-hybridized carbons (Fsp3) is 0.385. The number of carbonyl (C=O) groups excluding carboxylic acids is 1. The molecule has 0 unspecified atom stereocenters. The van der Waals surface area contributed by atoms with Crippen LogP contribution in [-0.4, -0.2) is 17.4 Å². The van der Waals surface area contributed by atoms with E-state index in [0.717, 1.165) is 25.1 Å². The molecule has 1 aromatic carbocycles. The number of fused-ring (bicyclic) bond motifs is 1. The van der Waals surface area contributed by atoms with Crippen LogP contribution >= 0.6 is 12.2 Å². The summed E-state index contributed by atoms with van der Waals surface area (Å²) in [5, 5.41) is 0. The molecule has 0 fully saturated rings. The summed E-state index contributed by atoms with van der Waals surface area (Å²) >= 11 is 4.80. The highest BCUT2D eigenvalue weighted by molar-refractivity contribution is 7.80. The van der Waals surface area contributed by atoms with Gasteiger partial charge in [0.05, 0.1) is 4.99 Å². The molecule has 0 aromatic heterocycles. The summed E-state index contributed by atoms with van der Waals surface area (Å²) in [6, 6.07) is 8.08. The number of para-hydroxylation sites is 1. The Morgan fingerprint density at radius 1 is 1.35 bits per heavy atom. The zero-order valence-corrected chi connectivity index (χ0v) is 10.5.